The average molecular weight is 449 g/mol. The molecule has 1 unspecified atom stereocenters. The summed E-state index contributed by atoms with van der Waals surface area (Å²) in [5.41, 5.74) is 0.864. The number of carbonyl (C=O) groups excluding carboxylic acids is 1. The van der Waals surface area contributed by atoms with Crippen molar-refractivity contribution in [1.29, 1.82) is 0 Å². The Kier molecular flexibility index (Phi) is 7.95. The van der Waals surface area contributed by atoms with E-state index in [1.54, 1.807) is 44.4 Å². The van der Waals surface area contributed by atoms with Gasteiger partial charge in [-0.15, -0.1) is 0 Å². The van der Waals surface area contributed by atoms with Crippen LogP contribution in [0.2, 0.25) is 0 Å². The highest BCUT2D eigenvalue weighted by Gasteiger charge is 2.43. The van der Waals surface area contributed by atoms with Gasteiger partial charge in [-0.05, 0) is 38.8 Å². The second-order valence-corrected chi connectivity index (χ2v) is 8.29. The van der Waals surface area contributed by atoms with Crippen LogP contribution in [-0.4, -0.2) is 62.3 Å². The van der Waals surface area contributed by atoms with E-state index >= 15 is 0 Å². The van der Waals surface area contributed by atoms with Gasteiger partial charge in [-0.1, -0.05) is 24.3 Å². The third kappa shape index (κ3) is 5.89. The molecule has 0 saturated carbocycles. The molecular weight excluding hydrogens is 416 g/mol. The summed E-state index contributed by atoms with van der Waals surface area (Å²) >= 11 is 0. The molecule has 0 bridgehead atoms. The number of esters is 1. The summed E-state index contributed by atoms with van der Waals surface area (Å²) in [4.78, 5) is 13.1. The Hall–Kier alpha value is -2.39. The van der Waals surface area contributed by atoms with E-state index in [0.29, 0.717) is 29.9 Å². The van der Waals surface area contributed by atoms with Gasteiger partial charge in [-0.25, -0.2) is 4.79 Å². The number of benzene rings is 1. The van der Waals surface area contributed by atoms with Crippen molar-refractivity contribution in [2.24, 2.45) is 0 Å². The van der Waals surface area contributed by atoms with Gasteiger partial charge in [-0.3, -0.25) is 0 Å². The third-order valence-electron chi connectivity index (χ3n) is 5.21. The first kappa shape index (κ1) is 24.3. The highest BCUT2D eigenvalue weighted by Crippen LogP contribution is 2.34. The molecule has 3 rings (SSSR count). The summed E-state index contributed by atoms with van der Waals surface area (Å²) in [7, 11) is 3.04. The summed E-state index contributed by atoms with van der Waals surface area (Å²) in [5, 5.41) is 10.6. The Bertz CT molecular complexity index is 860. The van der Waals surface area contributed by atoms with Crippen molar-refractivity contribution in [1.82, 2.24) is 0 Å². The molecule has 0 spiro atoms. The molecule has 8 heteroatoms. The van der Waals surface area contributed by atoms with Gasteiger partial charge in [-0.2, -0.15) is 0 Å². The van der Waals surface area contributed by atoms with E-state index in [-0.39, 0.29) is 18.5 Å². The normalized spacial score (nSPS) is 29.8. The van der Waals surface area contributed by atoms with Crippen molar-refractivity contribution in [2.75, 3.05) is 21.0 Å². The SMILES string of the molecule is COCOc1cc(OC)cc2c1C(=O)O[C@@H](C)C/C=C\C(O)[C@H]1OC(C)(C)O[C@H]1C/C=C/2. The van der Waals surface area contributed by atoms with Crippen molar-refractivity contribution in [2.45, 2.75) is 63.8 Å². The Morgan fingerprint density at radius 2 is 1.94 bits per heavy atom. The minimum Gasteiger partial charge on any atom is -0.497 e. The first-order valence-electron chi connectivity index (χ1n) is 10.7. The number of aliphatic hydroxyl groups excluding tert-OH is 1. The van der Waals surface area contributed by atoms with Crippen LogP contribution >= 0.6 is 0 Å². The van der Waals surface area contributed by atoms with Gasteiger partial charge >= 0.3 is 5.97 Å². The van der Waals surface area contributed by atoms with E-state index < -0.39 is 30.1 Å². The summed E-state index contributed by atoms with van der Waals surface area (Å²) in [6.07, 6.45) is 5.88. The fourth-order valence-electron chi connectivity index (χ4n) is 3.79. The molecule has 1 fully saturated rings. The van der Waals surface area contributed by atoms with Crippen LogP contribution in [0.1, 0.15) is 49.5 Å². The molecule has 2 heterocycles. The molecule has 0 amide bonds. The molecule has 4 atom stereocenters. The van der Waals surface area contributed by atoms with Gasteiger partial charge in [0.05, 0.1) is 13.2 Å². The minimum absolute atomic E-state index is 0.0310. The number of cyclic esters (lactones) is 1. The molecule has 2 aliphatic heterocycles. The molecule has 176 valence electrons. The molecule has 0 aliphatic carbocycles. The Morgan fingerprint density at radius 1 is 1.16 bits per heavy atom. The lowest BCUT2D eigenvalue weighted by Gasteiger charge is -2.20. The van der Waals surface area contributed by atoms with Gasteiger partial charge < -0.3 is 33.5 Å². The van der Waals surface area contributed by atoms with E-state index in [0.717, 1.165) is 0 Å². The van der Waals surface area contributed by atoms with Crippen molar-refractivity contribution in [3.8, 4) is 11.5 Å². The number of hydrogen-bond acceptors (Lipinski definition) is 8. The van der Waals surface area contributed by atoms with Crippen LogP contribution in [0.15, 0.2) is 30.4 Å². The topological polar surface area (TPSA) is 92.7 Å². The minimum atomic E-state index is -0.845. The number of ether oxygens (including phenoxy) is 6. The summed E-state index contributed by atoms with van der Waals surface area (Å²) < 4.78 is 33.7. The molecule has 0 radical (unpaired) electrons. The zero-order chi connectivity index (χ0) is 23.3. The monoisotopic (exact) mass is 448 g/mol. The number of rotatable bonds is 4. The molecule has 0 aromatic heterocycles. The molecule has 8 nitrogen and oxygen atoms in total. The lowest BCUT2D eigenvalue weighted by molar-refractivity contribution is -0.152. The zero-order valence-corrected chi connectivity index (χ0v) is 19.2. The summed E-state index contributed by atoms with van der Waals surface area (Å²) in [6, 6.07) is 3.37. The van der Waals surface area contributed by atoms with Crippen LogP contribution in [0.4, 0.5) is 0 Å². The number of hydrogen-bond donors (Lipinski definition) is 1. The van der Waals surface area contributed by atoms with Gasteiger partial charge in [0.1, 0.15) is 35.4 Å². The zero-order valence-electron chi connectivity index (χ0n) is 19.2. The maximum absolute atomic E-state index is 13.1. The maximum Gasteiger partial charge on any atom is 0.342 e. The Morgan fingerprint density at radius 3 is 2.66 bits per heavy atom. The van der Waals surface area contributed by atoms with Crippen LogP contribution in [0.3, 0.4) is 0 Å². The highest BCUT2D eigenvalue weighted by molar-refractivity contribution is 5.97. The van der Waals surface area contributed by atoms with Crippen LogP contribution in [0.25, 0.3) is 6.08 Å². The predicted molar refractivity (Wildman–Crippen MR) is 118 cm³/mol. The molecule has 1 N–H and O–H groups in total. The summed E-state index contributed by atoms with van der Waals surface area (Å²) in [6.45, 7) is 5.40. The van der Waals surface area contributed by atoms with Gasteiger partial charge in [0.2, 0.25) is 0 Å². The number of carbonyl (C=O) groups is 1. The number of fused-ring (bicyclic) bond motifs is 2. The predicted octanol–water partition coefficient (Wildman–Crippen LogP) is 3.47. The first-order valence-corrected chi connectivity index (χ1v) is 10.7. The molecule has 1 saturated heterocycles. The molecular formula is C24H32O8. The lowest BCUT2D eigenvalue weighted by Crippen LogP contribution is -2.34. The van der Waals surface area contributed by atoms with Gasteiger partial charge in [0.15, 0.2) is 12.6 Å². The van der Waals surface area contributed by atoms with E-state index in [4.69, 9.17) is 28.4 Å². The molecule has 2 aliphatic rings. The standard InChI is InChI=1S/C24H32O8/c1-15-8-6-10-18(25)22-19(31-24(2,3)32-22)11-7-9-16-12-17(28-5)13-20(29-14-27-4)21(16)23(26)30-15/h6-7,9-10,12-13,15,18-19,22,25H,8,11,14H2,1-5H3/b9-7+,10-6-/t15-,18?,19-,22+/m0/s1. The average Bonchev–Trinajstić information content (AvgIpc) is 3.05. The maximum atomic E-state index is 13.1. The summed E-state index contributed by atoms with van der Waals surface area (Å²) in [5.74, 6) is -0.489. The molecule has 32 heavy (non-hydrogen) atoms. The smallest absolute Gasteiger partial charge is 0.342 e. The van der Waals surface area contributed by atoms with Gasteiger partial charge in [0.25, 0.3) is 0 Å². The van der Waals surface area contributed by atoms with Crippen LogP contribution in [0.5, 0.6) is 11.5 Å². The van der Waals surface area contributed by atoms with E-state index in [1.165, 1.54) is 7.11 Å². The largest absolute Gasteiger partial charge is 0.497 e. The second kappa shape index (κ2) is 10.5. The van der Waals surface area contributed by atoms with E-state index in [9.17, 15) is 9.90 Å². The molecule has 1 aromatic carbocycles. The fourth-order valence-corrected chi connectivity index (χ4v) is 3.79. The first-order chi connectivity index (χ1) is 15.2. The second-order valence-electron chi connectivity index (χ2n) is 8.29. The number of aliphatic hydroxyl groups is 1. The lowest BCUT2D eigenvalue weighted by atomic mass is 10.0. The Balaban J connectivity index is 2.02. The van der Waals surface area contributed by atoms with Gasteiger partial charge in [0, 0.05) is 19.6 Å². The van der Waals surface area contributed by atoms with Crippen LogP contribution in [-0.2, 0) is 18.9 Å². The highest BCUT2D eigenvalue weighted by atomic mass is 16.8. The van der Waals surface area contributed by atoms with Crippen LogP contribution < -0.4 is 9.47 Å². The van der Waals surface area contributed by atoms with Crippen LogP contribution in [0, 0.1) is 0 Å². The number of methoxy groups -OCH3 is 2. The third-order valence-corrected chi connectivity index (χ3v) is 5.21. The van der Waals surface area contributed by atoms with E-state index in [2.05, 4.69) is 0 Å². The van der Waals surface area contributed by atoms with Crippen molar-refractivity contribution in [3.05, 3.63) is 41.5 Å². The fraction of sp³-hybridized carbons (Fsp3) is 0.542. The van der Waals surface area contributed by atoms with Crippen molar-refractivity contribution in [3.63, 3.8) is 0 Å². The van der Waals surface area contributed by atoms with E-state index in [1.807, 2.05) is 19.9 Å². The van der Waals surface area contributed by atoms with Crippen molar-refractivity contribution < 1.29 is 38.3 Å². The molecule has 1 aromatic rings. The quantitative estimate of drug-likeness (QED) is 0.425. The van der Waals surface area contributed by atoms with Crippen molar-refractivity contribution >= 4 is 12.0 Å². The Labute approximate surface area is 188 Å².